The lowest BCUT2D eigenvalue weighted by Crippen LogP contribution is -2.30. The standard InChI is InChI=1S/C23H24N4O2/c1-14-11-20(18(5)27(14)17(4)19-9-7-6-8-10-19)22(28)13-26-23(29)21(12-24)15(2)16(3)25-26/h6-11,17H,13H2,1-5H3/t17-/m1/s1. The highest BCUT2D eigenvalue weighted by Gasteiger charge is 2.21. The Hall–Kier alpha value is -3.46. The highest BCUT2D eigenvalue weighted by Crippen LogP contribution is 2.26. The number of Topliss-reactive ketones (excluding diaryl/α,β-unsaturated/α-hetero) is 1. The number of ketones is 1. The fourth-order valence-electron chi connectivity index (χ4n) is 3.77. The second kappa shape index (κ2) is 7.88. The average Bonchev–Trinajstić information content (AvgIpc) is 3.01. The molecular formula is C23H24N4O2. The van der Waals surface area contributed by atoms with Crippen molar-refractivity contribution in [1.82, 2.24) is 14.3 Å². The maximum Gasteiger partial charge on any atom is 0.285 e. The molecular weight excluding hydrogens is 364 g/mol. The van der Waals surface area contributed by atoms with Crippen molar-refractivity contribution >= 4 is 5.78 Å². The Morgan fingerprint density at radius 2 is 1.83 bits per heavy atom. The smallest absolute Gasteiger partial charge is 0.285 e. The van der Waals surface area contributed by atoms with E-state index >= 15 is 0 Å². The Bertz CT molecular complexity index is 1180. The Kier molecular flexibility index (Phi) is 5.51. The molecule has 0 saturated carbocycles. The second-order valence-electron chi connectivity index (χ2n) is 7.32. The van der Waals surface area contributed by atoms with Crippen LogP contribution in [0, 0.1) is 39.0 Å². The maximum atomic E-state index is 13.0. The molecule has 2 aromatic heterocycles. The molecule has 3 aromatic rings. The van der Waals surface area contributed by atoms with Crippen LogP contribution >= 0.6 is 0 Å². The van der Waals surface area contributed by atoms with Crippen molar-refractivity contribution in [3.63, 3.8) is 0 Å². The molecule has 2 heterocycles. The number of carbonyl (C=O) groups is 1. The summed E-state index contributed by atoms with van der Waals surface area (Å²) in [6.45, 7) is 9.20. The normalized spacial score (nSPS) is 11.9. The number of carbonyl (C=O) groups excluding carboxylic acids is 1. The summed E-state index contributed by atoms with van der Waals surface area (Å²) in [4.78, 5) is 25.5. The van der Waals surface area contributed by atoms with Gasteiger partial charge in [-0.15, -0.1) is 0 Å². The summed E-state index contributed by atoms with van der Waals surface area (Å²) < 4.78 is 3.22. The van der Waals surface area contributed by atoms with E-state index in [-0.39, 0.29) is 23.9 Å². The lowest BCUT2D eigenvalue weighted by Gasteiger charge is -2.19. The van der Waals surface area contributed by atoms with Crippen LogP contribution < -0.4 is 5.56 Å². The van der Waals surface area contributed by atoms with E-state index in [1.165, 1.54) is 0 Å². The summed E-state index contributed by atoms with van der Waals surface area (Å²) in [7, 11) is 0. The molecule has 1 aromatic carbocycles. The zero-order chi connectivity index (χ0) is 21.3. The molecule has 6 heteroatoms. The number of nitrogens with zero attached hydrogens (tertiary/aromatic N) is 4. The SMILES string of the molecule is Cc1nn(CC(=O)c2cc(C)n([C@H](C)c3ccccc3)c2C)c(=O)c(C#N)c1C. The molecule has 0 fully saturated rings. The van der Waals surface area contributed by atoms with Crippen molar-refractivity contribution in [2.24, 2.45) is 0 Å². The van der Waals surface area contributed by atoms with E-state index in [1.54, 1.807) is 13.8 Å². The van der Waals surface area contributed by atoms with Crippen LogP contribution in [0.25, 0.3) is 0 Å². The number of hydrogen-bond acceptors (Lipinski definition) is 4. The van der Waals surface area contributed by atoms with Gasteiger partial charge in [0.25, 0.3) is 5.56 Å². The van der Waals surface area contributed by atoms with Gasteiger partial charge in [-0.25, -0.2) is 4.68 Å². The van der Waals surface area contributed by atoms with Gasteiger partial charge < -0.3 is 4.57 Å². The molecule has 0 unspecified atom stereocenters. The van der Waals surface area contributed by atoms with Crippen molar-refractivity contribution in [2.75, 3.05) is 0 Å². The van der Waals surface area contributed by atoms with Gasteiger partial charge in [-0.2, -0.15) is 10.4 Å². The molecule has 3 rings (SSSR count). The van der Waals surface area contributed by atoms with Crippen LogP contribution in [0.1, 0.15) is 57.1 Å². The zero-order valence-corrected chi connectivity index (χ0v) is 17.4. The number of rotatable bonds is 5. The predicted molar refractivity (Wildman–Crippen MR) is 111 cm³/mol. The molecule has 0 N–H and O–H groups in total. The maximum absolute atomic E-state index is 13.0. The zero-order valence-electron chi connectivity index (χ0n) is 17.4. The highest BCUT2D eigenvalue weighted by molar-refractivity contribution is 5.97. The lowest BCUT2D eigenvalue weighted by atomic mass is 10.1. The van der Waals surface area contributed by atoms with E-state index in [0.29, 0.717) is 16.8 Å². The summed E-state index contributed by atoms with van der Waals surface area (Å²) in [6, 6.07) is 14.0. The van der Waals surface area contributed by atoms with Crippen LogP contribution in [0.15, 0.2) is 41.2 Å². The lowest BCUT2D eigenvalue weighted by molar-refractivity contribution is 0.0964. The van der Waals surface area contributed by atoms with Crippen LogP contribution in [0.5, 0.6) is 0 Å². The first kappa shape index (κ1) is 20.3. The Labute approximate surface area is 170 Å². The summed E-state index contributed by atoms with van der Waals surface area (Å²) in [5, 5.41) is 13.5. The van der Waals surface area contributed by atoms with Gasteiger partial charge in [-0.05, 0) is 51.8 Å². The largest absolute Gasteiger partial charge is 0.341 e. The minimum atomic E-state index is -0.532. The first-order valence-corrected chi connectivity index (χ1v) is 9.51. The van der Waals surface area contributed by atoms with Crippen molar-refractivity contribution in [1.29, 1.82) is 5.26 Å². The van der Waals surface area contributed by atoms with E-state index in [9.17, 15) is 14.9 Å². The molecule has 0 aliphatic rings. The molecule has 148 valence electrons. The monoisotopic (exact) mass is 388 g/mol. The first-order chi connectivity index (χ1) is 13.8. The van der Waals surface area contributed by atoms with Crippen molar-refractivity contribution in [3.8, 4) is 6.07 Å². The molecule has 1 atom stereocenters. The van der Waals surface area contributed by atoms with Crippen LogP contribution in [-0.2, 0) is 6.54 Å². The molecule has 0 aliphatic carbocycles. The molecule has 0 spiro atoms. The molecule has 6 nitrogen and oxygen atoms in total. The van der Waals surface area contributed by atoms with Gasteiger partial charge in [-0.1, -0.05) is 30.3 Å². The van der Waals surface area contributed by atoms with Crippen molar-refractivity contribution in [3.05, 3.63) is 86.1 Å². The van der Waals surface area contributed by atoms with Crippen molar-refractivity contribution in [2.45, 2.75) is 47.2 Å². The fraction of sp³-hybridized carbons (Fsp3) is 0.304. The van der Waals surface area contributed by atoms with E-state index in [2.05, 4.69) is 28.7 Å². The van der Waals surface area contributed by atoms with Gasteiger partial charge in [-0.3, -0.25) is 9.59 Å². The number of benzene rings is 1. The van der Waals surface area contributed by atoms with Gasteiger partial charge in [0, 0.05) is 17.0 Å². The van der Waals surface area contributed by atoms with Gasteiger partial charge >= 0.3 is 0 Å². The van der Waals surface area contributed by atoms with E-state index < -0.39 is 5.56 Å². The summed E-state index contributed by atoms with van der Waals surface area (Å²) in [5.41, 5.74) is 4.16. The third kappa shape index (κ3) is 3.64. The summed E-state index contributed by atoms with van der Waals surface area (Å²) in [6.07, 6.45) is 0. The van der Waals surface area contributed by atoms with Crippen LogP contribution in [0.2, 0.25) is 0 Å². The van der Waals surface area contributed by atoms with E-state index in [4.69, 9.17) is 0 Å². The number of hydrogen-bond donors (Lipinski definition) is 0. The third-order valence-electron chi connectivity index (χ3n) is 5.50. The molecule has 0 bridgehead atoms. The average molecular weight is 388 g/mol. The predicted octanol–water partition coefficient (Wildman–Crippen LogP) is 3.64. The molecule has 0 saturated heterocycles. The first-order valence-electron chi connectivity index (χ1n) is 9.51. The highest BCUT2D eigenvalue weighted by atomic mass is 16.1. The van der Waals surface area contributed by atoms with Gasteiger partial charge in [0.05, 0.1) is 11.7 Å². The molecule has 0 aliphatic heterocycles. The third-order valence-corrected chi connectivity index (χ3v) is 5.50. The van der Waals surface area contributed by atoms with Gasteiger partial charge in [0.1, 0.15) is 18.2 Å². The number of aromatic nitrogens is 3. The van der Waals surface area contributed by atoms with E-state index in [1.807, 2.05) is 44.2 Å². The second-order valence-corrected chi connectivity index (χ2v) is 7.32. The topological polar surface area (TPSA) is 80.7 Å². The minimum Gasteiger partial charge on any atom is -0.341 e. The van der Waals surface area contributed by atoms with Gasteiger partial charge in [0.2, 0.25) is 0 Å². The Balaban J connectivity index is 1.98. The molecule has 0 radical (unpaired) electrons. The fourth-order valence-corrected chi connectivity index (χ4v) is 3.77. The van der Waals surface area contributed by atoms with Crippen molar-refractivity contribution < 1.29 is 4.79 Å². The van der Waals surface area contributed by atoms with Crippen LogP contribution in [-0.4, -0.2) is 20.1 Å². The van der Waals surface area contributed by atoms with Crippen LogP contribution in [0.4, 0.5) is 0 Å². The summed E-state index contributed by atoms with van der Waals surface area (Å²) in [5.74, 6) is -0.202. The quantitative estimate of drug-likeness (QED) is 0.625. The number of nitriles is 1. The Morgan fingerprint density at radius 1 is 1.17 bits per heavy atom. The Morgan fingerprint density at radius 3 is 2.45 bits per heavy atom. The summed E-state index contributed by atoms with van der Waals surface area (Å²) >= 11 is 0. The minimum absolute atomic E-state index is 0.0356. The van der Waals surface area contributed by atoms with Crippen LogP contribution in [0.3, 0.4) is 0 Å². The number of aryl methyl sites for hydroxylation is 2. The van der Waals surface area contributed by atoms with E-state index in [0.717, 1.165) is 21.6 Å². The van der Waals surface area contributed by atoms with Gasteiger partial charge in [0.15, 0.2) is 5.78 Å². The molecule has 29 heavy (non-hydrogen) atoms. The molecule has 0 amide bonds.